The molecule has 0 aliphatic heterocycles. The summed E-state index contributed by atoms with van der Waals surface area (Å²) in [7, 11) is 0. The highest BCUT2D eigenvalue weighted by molar-refractivity contribution is 5.93. The quantitative estimate of drug-likeness (QED) is 0.878. The zero-order valence-electron chi connectivity index (χ0n) is 13.8. The second kappa shape index (κ2) is 7.43. The average molecular weight is 302 g/mol. The molecule has 1 N–H and O–H groups in total. The molecule has 1 aromatic carbocycles. The van der Waals surface area contributed by atoms with E-state index in [2.05, 4.69) is 18.3 Å². The van der Waals surface area contributed by atoms with Gasteiger partial charge in [0.1, 0.15) is 0 Å². The molecule has 1 fully saturated rings. The molecule has 0 radical (unpaired) electrons. The van der Waals surface area contributed by atoms with E-state index in [4.69, 9.17) is 0 Å². The zero-order chi connectivity index (χ0) is 16.1. The van der Waals surface area contributed by atoms with E-state index in [1.165, 1.54) is 5.56 Å². The van der Waals surface area contributed by atoms with E-state index < -0.39 is 0 Å². The van der Waals surface area contributed by atoms with Gasteiger partial charge in [-0.3, -0.25) is 9.59 Å². The number of amides is 2. The maximum absolute atomic E-state index is 12.1. The summed E-state index contributed by atoms with van der Waals surface area (Å²) in [6.45, 7) is 6.73. The van der Waals surface area contributed by atoms with E-state index in [-0.39, 0.29) is 17.7 Å². The summed E-state index contributed by atoms with van der Waals surface area (Å²) in [5.74, 6) is 0.340. The van der Waals surface area contributed by atoms with Crippen LogP contribution in [-0.4, -0.2) is 24.9 Å². The van der Waals surface area contributed by atoms with Crippen LogP contribution in [0.1, 0.15) is 44.2 Å². The van der Waals surface area contributed by atoms with Crippen LogP contribution in [0.15, 0.2) is 18.2 Å². The highest BCUT2D eigenvalue weighted by Crippen LogP contribution is 2.27. The number of nitrogens with one attached hydrogen (secondary N) is 1. The van der Waals surface area contributed by atoms with E-state index >= 15 is 0 Å². The lowest BCUT2D eigenvalue weighted by Gasteiger charge is -2.27. The summed E-state index contributed by atoms with van der Waals surface area (Å²) in [6.07, 6.45) is 4.04. The Morgan fingerprint density at radius 1 is 1.32 bits per heavy atom. The Morgan fingerprint density at radius 2 is 2.05 bits per heavy atom. The number of hydrogen-bond acceptors (Lipinski definition) is 2. The van der Waals surface area contributed by atoms with E-state index in [0.717, 1.165) is 36.9 Å². The number of para-hydroxylation sites is 1. The zero-order valence-corrected chi connectivity index (χ0v) is 13.8. The second-order valence-electron chi connectivity index (χ2n) is 6.03. The first-order valence-electron chi connectivity index (χ1n) is 8.19. The number of carbonyl (C=O) groups excluding carboxylic acids is 2. The van der Waals surface area contributed by atoms with Gasteiger partial charge in [-0.2, -0.15) is 0 Å². The van der Waals surface area contributed by atoms with Crippen molar-refractivity contribution in [2.45, 2.75) is 46.5 Å². The van der Waals surface area contributed by atoms with Crippen molar-refractivity contribution in [3.05, 3.63) is 29.3 Å². The molecule has 0 atom stereocenters. The maximum Gasteiger partial charge on any atom is 0.223 e. The Balaban J connectivity index is 2.04. The van der Waals surface area contributed by atoms with Crippen LogP contribution < -0.4 is 10.2 Å². The maximum atomic E-state index is 12.1. The summed E-state index contributed by atoms with van der Waals surface area (Å²) in [4.78, 5) is 25.7. The third-order valence-corrected chi connectivity index (χ3v) is 4.46. The fourth-order valence-corrected chi connectivity index (χ4v) is 2.92. The van der Waals surface area contributed by atoms with Gasteiger partial charge in [0.05, 0.1) is 0 Å². The minimum absolute atomic E-state index is 0.0156. The van der Waals surface area contributed by atoms with Crippen LogP contribution in [0.25, 0.3) is 0 Å². The minimum Gasteiger partial charge on any atom is -0.354 e. The lowest BCUT2D eigenvalue weighted by molar-refractivity contribution is -0.127. The summed E-state index contributed by atoms with van der Waals surface area (Å²) < 4.78 is 0. The van der Waals surface area contributed by atoms with E-state index in [0.29, 0.717) is 13.1 Å². The van der Waals surface area contributed by atoms with Crippen molar-refractivity contribution in [2.24, 2.45) is 5.92 Å². The first-order chi connectivity index (χ1) is 10.5. The Labute approximate surface area is 132 Å². The molecule has 2 rings (SSSR count). The molecule has 2 amide bonds. The summed E-state index contributed by atoms with van der Waals surface area (Å²) in [6, 6.07) is 6.11. The predicted octanol–water partition coefficient (Wildman–Crippen LogP) is 2.83. The molecule has 4 nitrogen and oxygen atoms in total. The average Bonchev–Trinajstić information content (AvgIpc) is 2.41. The standard InChI is InChI=1S/C18H26N2O2/c1-4-15-8-5-7-13(2)17(15)20(14(3)21)12-11-19-18(22)16-9-6-10-16/h5,7-8,16H,4,6,9-12H2,1-3H3,(H,19,22). The lowest BCUT2D eigenvalue weighted by Crippen LogP contribution is -2.41. The highest BCUT2D eigenvalue weighted by atomic mass is 16.2. The first kappa shape index (κ1) is 16.5. The number of benzene rings is 1. The normalized spacial score (nSPS) is 14.3. The molecular weight excluding hydrogens is 276 g/mol. The molecule has 120 valence electrons. The molecule has 22 heavy (non-hydrogen) atoms. The fourth-order valence-electron chi connectivity index (χ4n) is 2.92. The van der Waals surface area contributed by atoms with Crippen LogP contribution in [0.4, 0.5) is 5.69 Å². The van der Waals surface area contributed by atoms with Gasteiger partial charge in [-0.1, -0.05) is 31.5 Å². The third kappa shape index (κ3) is 3.67. The van der Waals surface area contributed by atoms with Crippen molar-refractivity contribution < 1.29 is 9.59 Å². The van der Waals surface area contributed by atoms with Gasteiger partial charge in [0.25, 0.3) is 0 Å². The Bertz CT molecular complexity index is 550. The largest absolute Gasteiger partial charge is 0.354 e. The molecule has 0 bridgehead atoms. The van der Waals surface area contributed by atoms with Crippen LogP contribution >= 0.6 is 0 Å². The Morgan fingerprint density at radius 3 is 2.59 bits per heavy atom. The number of aryl methyl sites for hydroxylation is 2. The molecule has 4 heteroatoms. The predicted molar refractivity (Wildman–Crippen MR) is 88.9 cm³/mol. The van der Waals surface area contributed by atoms with Gasteiger partial charge in [-0.15, -0.1) is 0 Å². The third-order valence-electron chi connectivity index (χ3n) is 4.46. The van der Waals surface area contributed by atoms with Crippen molar-refractivity contribution in [2.75, 3.05) is 18.0 Å². The number of rotatable bonds is 6. The van der Waals surface area contributed by atoms with Gasteiger partial charge < -0.3 is 10.2 Å². The molecule has 0 aromatic heterocycles. The van der Waals surface area contributed by atoms with Gasteiger partial charge in [-0.25, -0.2) is 0 Å². The Kier molecular flexibility index (Phi) is 5.58. The number of hydrogen-bond donors (Lipinski definition) is 1. The van der Waals surface area contributed by atoms with E-state index in [1.807, 2.05) is 19.1 Å². The van der Waals surface area contributed by atoms with E-state index in [9.17, 15) is 9.59 Å². The van der Waals surface area contributed by atoms with Crippen LogP contribution in [0, 0.1) is 12.8 Å². The van der Waals surface area contributed by atoms with Gasteiger partial charge in [0, 0.05) is 31.6 Å². The van der Waals surface area contributed by atoms with Crippen molar-refractivity contribution in [3.8, 4) is 0 Å². The van der Waals surface area contributed by atoms with Crippen molar-refractivity contribution in [3.63, 3.8) is 0 Å². The number of anilines is 1. The summed E-state index contributed by atoms with van der Waals surface area (Å²) in [5.41, 5.74) is 3.26. The fraction of sp³-hybridized carbons (Fsp3) is 0.556. The Hall–Kier alpha value is -1.84. The number of nitrogens with zero attached hydrogens (tertiary/aromatic N) is 1. The first-order valence-corrected chi connectivity index (χ1v) is 8.19. The monoisotopic (exact) mass is 302 g/mol. The molecule has 1 aliphatic carbocycles. The number of carbonyl (C=O) groups is 2. The van der Waals surface area contributed by atoms with Gasteiger partial charge >= 0.3 is 0 Å². The summed E-state index contributed by atoms with van der Waals surface area (Å²) >= 11 is 0. The smallest absolute Gasteiger partial charge is 0.223 e. The van der Waals surface area contributed by atoms with Crippen LogP contribution in [-0.2, 0) is 16.0 Å². The van der Waals surface area contributed by atoms with Crippen LogP contribution in [0.5, 0.6) is 0 Å². The SMILES string of the molecule is CCc1cccc(C)c1N(CCNC(=O)C1CCC1)C(C)=O. The molecule has 0 spiro atoms. The topological polar surface area (TPSA) is 49.4 Å². The van der Waals surface area contributed by atoms with Crippen LogP contribution in [0.2, 0.25) is 0 Å². The highest BCUT2D eigenvalue weighted by Gasteiger charge is 2.25. The second-order valence-corrected chi connectivity index (χ2v) is 6.03. The lowest BCUT2D eigenvalue weighted by atomic mass is 9.85. The molecule has 1 aliphatic rings. The molecular formula is C18H26N2O2. The molecule has 1 saturated carbocycles. The molecule has 0 saturated heterocycles. The van der Waals surface area contributed by atoms with Crippen molar-refractivity contribution in [1.82, 2.24) is 5.32 Å². The van der Waals surface area contributed by atoms with Crippen molar-refractivity contribution in [1.29, 1.82) is 0 Å². The van der Waals surface area contributed by atoms with Crippen LogP contribution in [0.3, 0.4) is 0 Å². The van der Waals surface area contributed by atoms with Crippen molar-refractivity contribution >= 4 is 17.5 Å². The minimum atomic E-state index is 0.0156. The van der Waals surface area contributed by atoms with E-state index in [1.54, 1.807) is 11.8 Å². The van der Waals surface area contributed by atoms with Gasteiger partial charge in [0.15, 0.2) is 0 Å². The molecule has 0 unspecified atom stereocenters. The summed E-state index contributed by atoms with van der Waals surface area (Å²) in [5, 5.41) is 2.96. The molecule has 1 aromatic rings. The molecule has 0 heterocycles. The van der Waals surface area contributed by atoms with Gasteiger partial charge in [-0.05, 0) is 37.3 Å². The van der Waals surface area contributed by atoms with Gasteiger partial charge in [0.2, 0.25) is 11.8 Å².